The van der Waals surface area contributed by atoms with Gasteiger partial charge < -0.3 is 14.6 Å². The predicted molar refractivity (Wildman–Crippen MR) is 109 cm³/mol. The first-order chi connectivity index (χ1) is 13.6. The normalized spacial score (nSPS) is 20.4. The number of rotatable bonds is 5. The highest BCUT2D eigenvalue weighted by molar-refractivity contribution is 5.82. The molecule has 2 aromatic carbocycles. The number of benzene rings is 2. The van der Waals surface area contributed by atoms with Crippen molar-refractivity contribution >= 4 is 16.9 Å². The van der Waals surface area contributed by atoms with Gasteiger partial charge in [-0.05, 0) is 24.7 Å². The zero-order valence-corrected chi connectivity index (χ0v) is 16.3. The van der Waals surface area contributed by atoms with E-state index in [4.69, 9.17) is 4.74 Å². The second-order valence-corrected chi connectivity index (χ2v) is 7.24. The monoisotopic (exact) mass is 378 g/mol. The molecule has 1 aliphatic heterocycles. The molecule has 6 heteroatoms. The van der Waals surface area contributed by atoms with Crippen LogP contribution >= 0.6 is 0 Å². The average Bonchev–Trinajstić information content (AvgIpc) is 3.04. The molecule has 1 aromatic heterocycles. The highest BCUT2D eigenvalue weighted by Gasteiger charge is 2.36. The molecule has 2 atom stereocenters. The molecule has 146 valence electrons. The first-order valence-corrected chi connectivity index (χ1v) is 9.70. The average molecular weight is 378 g/mol. The Labute approximate surface area is 165 Å². The van der Waals surface area contributed by atoms with Crippen LogP contribution in [0, 0.1) is 0 Å². The molecule has 1 N–H and O–H groups in total. The molecule has 3 aromatic rings. The van der Waals surface area contributed by atoms with Crippen LogP contribution in [-0.2, 0) is 23.0 Å². The molecule has 1 fully saturated rings. The summed E-state index contributed by atoms with van der Waals surface area (Å²) in [7, 11) is 4.05. The summed E-state index contributed by atoms with van der Waals surface area (Å²) in [6.07, 6.45) is 0.164. The zero-order chi connectivity index (χ0) is 19.5. The van der Waals surface area contributed by atoms with E-state index in [0.717, 1.165) is 29.0 Å². The molecule has 0 aliphatic carbocycles. The summed E-state index contributed by atoms with van der Waals surface area (Å²) in [5.74, 6) is 0.891. The van der Waals surface area contributed by atoms with E-state index in [1.54, 1.807) is 0 Å². The van der Waals surface area contributed by atoms with E-state index in [-0.39, 0.29) is 11.9 Å². The molecule has 0 spiro atoms. The fourth-order valence-electron chi connectivity index (χ4n) is 3.90. The van der Waals surface area contributed by atoms with E-state index in [1.165, 1.54) is 0 Å². The fourth-order valence-corrected chi connectivity index (χ4v) is 3.90. The van der Waals surface area contributed by atoms with E-state index < -0.39 is 6.10 Å². The summed E-state index contributed by atoms with van der Waals surface area (Å²) in [6, 6.07) is 18.1. The van der Waals surface area contributed by atoms with Crippen molar-refractivity contribution in [1.29, 1.82) is 0 Å². The Kier molecular flexibility index (Phi) is 5.41. The van der Waals surface area contributed by atoms with Crippen molar-refractivity contribution < 1.29 is 9.53 Å². The van der Waals surface area contributed by atoms with Crippen LogP contribution < -0.4 is 5.32 Å². The van der Waals surface area contributed by atoms with Crippen LogP contribution in [0.3, 0.4) is 0 Å². The van der Waals surface area contributed by atoms with Crippen LogP contribution in [-0.4, -0.2) is 53.2 Å². The Morgan fingerprint density at radius 1 is 1.14 bits per heavy atom. The number of para-hydroxylation sites is 2. The maximum absolute atomic E-state index is 12.9. The number of ether oxygens (including phenoxy) is 1. The van der Waals surface area contributed by atoms with Gasteiger partial charge in [0, 0.05) is 26.6 Å². The molecule has 2 heterocycles. The summed E-state index contributed by atoms with van der Waals surface area (Å²) < 4.78 is 7.96. The molecule has 0 radical (unpaired) electrons. The van der Waals surface area contributed by atoms with Crippen molar-refractivity contribution in [1.82, 2.24) is 19.8 Å². The third-order valence-electron chi connectivity index (χ3n) is 5.43. The Bertz CT molecular complexity index is 954. The molecular weight excluding hydrogens is 352 g/mol. The van der Waals surface area contributed by atoms with Gasteiger partial charge in [-0.15, -0.1) is 0 Å². The molecule has 1 saturated heterocycles. The lowest BCUT2D eigenvalue weighted by molar-refractivity contribution is -0.144. The highest BCUT2D eigenvalue weighted by atomic mass is 16.5. The second kappa shape index (κ2) is 8.12. The number of hydrogen-bond acceptors (Lipinski definition) is 4. The number of carbonyl (C=O) groups excluding carboxylic acids is 1. The van der Waals surface area contributed by atoms with Crippen molar-refractivity contribution in [2.24, 2.45) is 7.05 Å². The van der Waals surface area contributed by atoms with Gasteiger partial charge in [0.1, 0.15) is 5.82 Å². The maximum Gasteiger partial charge on any atom is 0.251 e. The highest BCUT2D eigenvalue weighted by Crippen LogP contribution is 2.28. The van der Waals surface area contributed by atoms with Crippen LogP contribution in [0.2, 0.25) is 0 Å². The lowest BCUT2D eigenvalue weighted by atomic mass is 9.98. The molecule has 28 heavy (non-hydrogen) atoms. The first kappa shape index (κ1) is 18.7. The van der Waals surface area contributed by atoms with Crippen LogP contribution in [0.15, 0.2) is 54.6 Å². The molecule has 1 amide bonds. The van der Waals surface area contributed by atoms with Gasteiger partial charge in [-0.25, -0.2) is 4.98 Å². The van der Waals surface area contributed by atoms with Crippen molar-refractivity contribution in [2.75, 3.05) is 26.7 Å². The van der Waals surface area contributed by atoms with Crippen molar-refractivity contribution in [3.63, 3.8) is 0 Å². The van der Waals surface area contributed by atoms with Crippen molar-refractivity contribution in [3.8, 4) is 0 Å². The van der Waals surface area contributed by atoms with E-state index in [0.29, 0.717) is 19.6 Å². The maximum atomic E-state index is 12.9. The summed E-state index contributed by atoms with van der Waals surface area (Å²) >= 11 is 0. The van der Waals surface area contributed by atoms with Gasteiger partial charge in [0.25, 0.3) is 5.91 Å². The fraction of sp³-hybridized carbons (Fsp3) is 0.364. The minimum atomic E-state index is -0.512. The molecule has 1 aliphatic rings. The Balaban J connectivity index is 1.42. The summed E-state index contributed by atoms with van der Waals surface area (Å²) in [5, 5.41) is 3.05. The van der Waals surface area contributed by atoms with Gasteiger partial charge in [0.05, 0.1) is 23.7 Å². The van der Waals surface area contributed by atoms with Gasteiger partial charge in [-0.2, -0.15) is 0 Å². The van der Waals surface area contributed by atoms with E-state index in [2.05, 4.69) is 38.0 Å². The number of likely N-dealkylation sites (N-methyl/N-ethyl adjacent to an activating group) is 1. The number of nitrogens with zero attached hydrogens (tertiary/aromatic N) is 3. The lowest BCUT2D eigenvalue weighted by Crippen LogP contribution is -2.50. The molecule has 6 nitrogen and oxygen atoms in total. The number of amides is 1. The minimum Gasteiger partial charge on any atom is -0.365 e. The van der Waals surface area contributed by atoms with Gasteiger partial charge >= 0.3 is 0 Å². The smallest absolute Gasteiger partial charge is 0.251 e. The van der Waals surface area contributed by atoms with Crippen LogP contribution in [0.5, 0.6) is 0 Å². The van der Waals surface area contributed by atoms with Gasteiger partial charge in [-0.1, -0.05) is 42.5 Å². The van der Waals surface area contributed by atoms with E-state index >= 15 is 0 Å². The third-order valence-corrected chi connectivity index (χ3v) is 5.43. The Morgan fingerprint density at radius 2 is 1.89 bits per heavy atom. The van der Waals surface area contributed by atoms with Gasteiger partial charge in [0.15, 0.2) is 6.10 Å². The van der Waals surface area contributed by atoms with Gasteiger partial charge in [-0.3, -0.25) is 9.69 Å². The largest absolute Gasteiger partial charge is 0.365 e. The number of nitrogens with one attached hydrogen (secondary N) is 1. The number of aromatic nitrogens is 2. The SMILES string of the molecule is CN1CCO[C@@H](C(=O)NCCc2nc3ccccc3n2C)[C@@H]1c1ccccc1. The molecular formula is C22H26N4O2. The van der Waals surface area contributed by atoms with Crippen LogP contribution in [0.25, 0.3) is 11.0 Å². The number of hydrogen-bond donors (Lipinski definition) is 1. The number of morpholine rings is 1. The third kappa shape index (κ3) is 3.66. The molecule has 4 rings (SSSR count). The number of fused-ring (bicyclic) bond motifs is 1. The summed E-state index contributed by atoms with van der Waals surface area (Å²) in [6.45, 7) is 1.90. The second-order valence-electron chi connectivity index (χ2n) is 7.24. The van der Waals surface area contributed by atoms with Gasteiger partial charge in [0.2, 0.25) is 0 Å². The summed E-state index contributed by atoms with van der Waals surface area (Å²) in [4.78, 5) is 19.7. The minimum absolute atomic E-state index is 0.0702. The number of imidazole rings is 1. The molecule has 0 unspecified atom stereocenters. The van der Waals surface area contributed by atoms with Crippen LogP contribution in [0.1, 0.15) is 17.4 Å². The van der Waals surface area contributed by atoms with Crippen LogP contribution in [0.4, 0.5) is 0 Å². The lowest BCUT2D eigenvalue weighted by Gasteiger charge is -2.38. The standard InChI is InChI=1S/C22H26N4O2/c1-25-14-15-28-21(20(25)16-8-4-3-5-9-16)22(27)23-13-12-19-24-17-10-6-7-11-18(17)26(19)2/h3-11,20-21H,12-15H2,1-2H3,(H,23,27)/t20-,21+/m0/s1. The zero-order valence-electron chi connectivity index (χ0n) is 16.3. The van der Waals surface area contributed by atoms with E-state index in [9.17, 15) is 4.79 Å². The quantitative estimate of drug-likeness (QED) is 0.740. The Morgan fingerprint density at radius 3 is 2.68 bits per heavy atom. The van der Waals surface area contributed by atoms with E-state index in [1.807, 2.05) is 50.5 Å². The summed E-state index contributed by atoms with van der Waals surface area (Å²) in [5.41, 5.74) is 3.18. The Hall–Kier alpha value is -2.70. The topological polar surface area (TPSA) is 59.4 Å². The predicted octanol–water partition coefficient (Wildman–Crippen LogP) is 2.30. The number of aryl methyl sites for hydroxylation is 1. The van der Waals surface area contributed by atoms with Crippen molar-refractivity contribution in [3.05, 3.63) is 66.0 Å². The van der Waals surface area contributed by atoms with Crippen molar-refractivity contribution in [2.45, 2.75) is 18.6 Å². The first-order valence-electron chi connectivity index (χ1n) is 9.70. The number of carbonyl (C=O) groups is 1. The molecule has 0 saturated carbocycles. The molecule has 0 bridgehead atoms.